The molecular formula is C12H7Cl2N3S. The van der Waals surface area contributed by atoms with E-state index in [0.717, 1.165) is 26.4 Å². The molecular weight excluding hydrogens is 289 g/mol. The number of thiophene rings is 1. The maximum atomic E-state index is 6.11. The van der Waals surface area contributed by atoms with Crippen LogP contribution in [0.25, 0.3) is 21.5 Å². The normalized spacial score (nSPS) is 11.1. The van der Waals surface area contributed by atoms with Gasteiger partial charge in [0.2, 0.25) is 5.28 Å². The fraction of sp³-hybridized carbons (Fsp3) is 0.0833. The second-order valence-corrected chi connectivity index (χ2v) is 5.69. The molecule has 0 saturated heterocycles. The Hall–Kier alpha value is -1.23. The largest absolute Gasteiger partial charge is 0.244 e. The highest BCUT2D eigenvalue weighted by atomic mass is 35.5. The van der Waals surface area contributed by atoms with Crippen LogP contribution in [0.1, 0.15) is 4.88 Å². The average molecular weight is 296 g/mol. The van der Waals surface area contributed by atoms with Crippen LogP contribution in [-0.4, -0.2) is 15.0 Å². The number of aromatic nitrogens is 3. The summed E-state index contributed by atoms with van der Waals surface area (Å²) in [6, 6.07) is 5.73. The summed E-state index contributed by atoms with van der Waals surface area (Å²) in [4.78, 5) is 14.6. The van der Waals surface area contributed by atoms with E-state index in [9.17, 15) is 0 Å². The molecule has 0 N–H and O–H groups in total. The summed E-state index contributed by atoms with van der Waals surface area (Å²) >= 11 is 13.6. The lowest BCUT2D eigenvalue weighted by molar-refractivity contribution is 1.22. The van der Waals surface area contributed by atoms with Crippen molar-refractivity contribution in [1.29, 1.82) is 0 Å². The second-order valence-electron chi connectivity index (χ2n) is 3.76. The third kappa shape index (κ3) is 1.96. The molecule has 18 heavy (non-hydrogen) atoms. The van der Waals surface area contributed by atoms with Crippen LogP contribution in [0.4, 0.5) is 0 Å². The summed E-state index contributed by atoms with van der Waals surface area (Å²) in [5, 5.41) is 1.59. The first-order chi connectivity index (χ1) is 8.65. The molecule has 0 atom stereocenters. The Morgan fingerprint density at radius 1 is 1.22 bits per heavy atom. The number of rotatable bonds is 1. The molecule has 0 unspecified atom stereocenters. The molecule has 3 aromatic rings. The van der Waals surface area contributed by atoms with Gasteiger partial charge in [-0.25, -0.2) is 15.0 Å². The molecule has 0 fully saturated rings. The van der Waals surface area contributed by atoms with E-state index in [-0.39, 0.29) is 5.28 Å². The monoisotopic (exact) mass is 295 g/mol. The van der Waals surface area contributed by atoms with Crippen LogP contribution in [0, 0.1) is 6.92 Å². The Labute approximate surface area is 117 Å². The summed E-state index contributed by atoms with van der Waals surface area (Å²) < 4.78 is 0. The molecule has 0 aromatic carbocycles. The first-order valence-electron chi connectivity index (χ1n) is 5.20. The highest BCUT2D eigenvalue weighted by Crippen LogP contribution is 2.34. The third-order valence-corrected chi connectivity index (χ3v) is 3.92. The zero-order valence-electron chi connectivity index (χ0n) is 9.32. The molecule has 0 aliphatic heterocycles. The molecule has 0 spiro atoms. The maximum Gasteiger partial charge on any atom is 0.224 e. The van der Waals surface area contributed by atoms with Crippen molar-refractivity contribution in [3.8, 4) is 11.3 Å². The molecule has 6 heteroatoms. The fourth-order valence-electron chi connectivity index (χ4n) is 1.78. The molecule has 3 nitrogen and oxygen atoms in total. The molecule has 0 radical (unpaired) electrons. The highest BCUT2D eigenvalue weighted by molar-refractivity contribution is 7.18. The molecule has 0 amide bonds. The van der Waals surface area contributed by atoms with E-state index in [0.29, 0.717) is 5.15 Å². The van der Waals surface area contributed by atoms with Crippen molar-refractivity contribution in [2.45, 2.75) is 6.92 Å². The summed E-state index contributed by atoms with van der Waals surface area (Å²) in [6.07, 6.45) is 1.64. The molecule has 0 aliphatic carbocycles. The summed E-state index contributed by atoms with van der Waals surface area (Å²) in [6.45, 7) is 2.02. The first-order valence-corrected chi connectivity index (χ1v) is 6.77. The van der Waals surface area contributed by atoms with E-state index in [1.165, 1.54) is 0 Å². The van der Waals surface area contributed by atoms with Crippen LogP contribution in [0.2, 0.25) is 10.4 Å². The lowest BCUT2D eigenvalue weighted by Crippen LogP contribution is -1.90. The molecule has 0 bridgehead atoms. The van der Waals surface area contributed by atoms with Crippen molar-refractivity contribution in [3.05, 3.63) is 39.7 Å². The number of fused-ring (bicyclic) bond motifs is 1. The number of pyridine rings is 1. The standard InChI is InChI=1S/C12H7Cl2N3S/c1-6-5-8-9(7-3-2-4-15-10(7)13)16-12(14)17-11(8)18-6/h2-5H,1H3. The van der Waals surface area contributed by atoms with Gasteiger partial charge in [0.05, 0.1) is 5.69 Å². The van der Waals surface area contributed by atoms with Gasteiger partial charge in [-0.05, 0) is 36.7 Å². The van der Waals surface area contributed by atoms with Crippen LogP contribution in [0.3, 0.4) is 0 Å². The Morgan fingerprint density at radius 3 is 2.83 bits per heavy atom. The molecule has 3 heterocycles. The lowest BCUT2D eigenvalue weighted by atomic mass is 10.1. The van der Waals surface area contributed by atoms with Crippen LogP contribution < -0.4 is 0 Å². The summed E-state index contributed by atoms with van der Waals surface area (Å²) in [5.74, 6) is 0. The number of hydrogen-bond acceptors (Lipinski definition) is 4. The van der Waals surface area contributed by atoms with Crippen molar-refractivity contribution in [1.82, 2.24) is 15.0 Å². The van der Waals surface area contributed by atoms with Gasteiger partial charge in [-0.2, -0.15) is 0 Å². The van der Waals surface area contributed by atoms with Gasteiger partial charge in [0.25, 0.3) is 0 Å². The van der Waals surface area contributed by atoms with Crippen molar-refractivity contribution < 1.29 is 0 Å². The molecule has 0 aliphatic rings. The fourth-order valence-corrected chi connectivity index (χ4v) is 3.09. The zero-order chi connectivity index (χ0) is 12.7. The SMILES string of the molecule is Cc1cc2c(-c3cccnc3Cl)nc(Cl)nc2s1. The minimum atomic E-state index is 0.222. The van der Waals surface area contributed by atoms with E-state index >= 15 is 0 Å². The van der Waals surface area contributed by atoms with Crippen molar-refractivity contribution >= 4 is 44.8 Å². The first kappa shape index (κ1) is 11.8. The van der Waals surface area contributed by atoms with Crippen molar-refractivity contribution in [2.24, 2.45) is 0 Å². The van der Waals surface area contributed by atoms with Gasteiger partial charge in [-0.1, -0.05) is 11.6 Å². The summed E-state index contributed by atoms with van der Waals surface area (Å²) in [5.41, 5.74) is 1.50. The minimum Gasteiger partial charge on any atom is -0.244 e. The number of hydrogen-bond donors (Lipinski definition) is 0. The lowest BCUT2D eigenvalue weighted by Gasteiger charge is -2.04. The van der Waals surface area contributed by atoms with Gasteiger partial charge >= 0.3 is 0 Å². The van der Waals surface area contributed by atoms with Gasteiger partial charge in [-0.3, -0.25) is 0 Å². The highest BCUT2D eigenvalue weighted by Gasteiger charge is 2.14. The molecule has 90 valence electrons. The smallest absolute Gasteiger partial charge is 0.224 e. The Morgan fingerprint density at radius 2 is 2.06 bits per heavy atom. The van der Waals surface area contributed by atoms with Crippen molar-refractivity contribution in [2.75, 3.05) is 0 Å². The third-order valence-electron chi connectivity index (χ3n) is 2.50. The van der Waals surface area contributed by atoms with Gasteiger partial charge in [0, 0.05) is 22.0 Å². The van der Waals surface area contributed by atoms with E-state index < -0.39 is 0 Å². The number of halogens is 2. The van der Waals surface area contributed by atoms with Crippen LogP contribution in [-0.2, 0) is 0 Å². The van der Waals surface area contributed by atoms with E-state index in [1.54, 1.807) is 17.5 Å². The number of aryl methyl sites for hydroxylation is 1. The van der Waals surface area contributed by atoms with Gasteiger partial charge in [-0.15, -0.1) is 11.3 Å². The van der Waals surface area contributed by atoms with E-state index in [2.05, 4.69) is 15.0 Å². The van der Waals surface area contributed by atoms with Gasteiger partial charge < -0.3 is 0 Å². The van der Waals surface area contributed by atoms with Gasteiger partial charge in [0.1, 0.15) is 9.98 Å². The molecule has 3 rings (SSSR count). The Kier molecular flexibility index (Phi) is 2.93. The minimum absolute atomic E-state index is 0.222. The van der Waals surface area contributed by atoms with E-state index in [4.69, 9.17) is 23.2 Å². The predicted octanol–water partition coefficient (Wildman–Crippen LogP) is 4.37. The quantitative estimate of drug-likeness (QED) is 0.494. The van der Waals surface area contributed by atoms with Gasteiger partial charge in [0.15, 0.2) is 0 Å². The Balaban J connectivity index is 2.38. The predicted molar refractivity (Wildman–Crippen MR) is 75.4 cm³/mol. The van der Waals surface area contributed by atoms with Crippen molar-refractivity contribution in [3.63, 3.8) is 0 Å². The Bertz CT molecular complexity index is 739. The second kappa shape index (κ2) is 4.46. The molecule has 3 aromatic heterocycles. The maximum absolute atomic E-state index is 6.11. The summed E-state index contributed by atoms with van der Waals surface area (Å²) in [7, 11) is 0. The average Bonchev–Trinajstić information content (AvgIpc) is 2.69. The van der Waals surface area contributed by atoms with E-state index in [1.807, 2.05) is 25.1 Å². The van der Waals surface area contributed by atoms with Crippen LogP contribution in [0.15, 0.2) is 24.4 Å². The van der Waals surface area contributed by atoms with Crippen LogP contribution in [0.5, 0.6) is 0 Å². The molecule has 0 saturated carbocycles. The topological polar surface area (TPSA) is 38.7 Å². The van der Waals surface area contributed by atoms with Crippen LogP contribution >= 0.6 is 34.5 Å². The number of nitrogens with zero attached hydrogens (tertiary/aromatic N) is 3. The zero-order valence-corrected chi connectivity index (χ0v) is 11.6.